The van der Waals surface area contributed by atoms with Crippen LogP contribution in [-0.2, 0) is 0 Å². The largest absolute Gasteiger partial charge is 0.309 e. The summed E-state index contributed by atoms with van der Waals surface area (Å²) in [6.07, 6.45) is 0. The van der Waals surface area contributed by atoms with Crippen molar-refractivity contribution >= 4 is 53.3 Å². The van der Waals surface area contributed by atoms with Gasteiger partial charge in [-0.15, -0.1) is 11.3 Å². The molecule has 0 aliphatic heterocycles. The number of thiophene rings is 1. The van der Waals surface area contributed by atoms with Crippen LogP contribution in [0.25, 0.3) is 104 Å². The van der Waals surface area contributed by atoms with E-state index >= 15 is 0 Å². The number of nitrogens with zero attached hydrogens (tertiary/aromatic N) is 4. The molecule has 0 saturated carbocycles. The van der Waals surface area contributed by atoms with Gasteiger partial charge >= 0.3 is 0 Å². The average Bonchev–Trinajstić information content (AvgIpc) is 4.05. The minimum atomic E-state index is -0.813. The minimum Gasteiger partial charge on any atom is -0.309 e. The molecule has 0 atom stereocenters. The number of benzene rings is 8. The van der Waals surface area contributed by atoms with Crippen LogP contribution in [0, 0.1) is 0 Å². The van der Waals surface area contributed by atoms with Crippen molar-refractivity contribution < 1.29 is 26.0 Å². The van der Waals surface area contributed by atoms with Crippen LogP contribution in [0.3, 0.4) is 0 Å². The Balaban J connectivity index is 1.26. The van der Waals surface area contributed by atoms with Crippen molar-refractivity contribution in [1.29, 1.82) is 0 Å². The second-order valence-electron chi connectivity index (χ2n) is 12.6. The molecular weight excluding hydrogens is 701 g/mol. The molecule has 0 radical (unpaired) electrons. The highest BCUT2D eigenvalue weighted by molar-refractivity contribution is 7.25. The summed E-state index contributed by atoms with van der Waals surface area (Å²) in [7, 11) is 0. The SMILES string of the molecule is [2H]c1c([2H])c([2H])c(-n2c3c([2H])c([2H])c([2H])c([2H])c3c3c([2H])c([2H])c(-c4nc(-c5cccc(-c6cccc(-c7ccccc7)c6)c5)nc(-c5c([2H])c([2H])c6sc7c([2H])c([2H])c([2H])c([2H])c7c6c5[2H])n4)c([2H])c32)c([2H])c1[2H]. The van der Waals surface area contributed by atoms with E-state index in [1.54, 1.807) is 18.2 Å². The lowest BCUT2D eigenvalue weighted by atomic mass is 9.98. The van der Waals surface area contributed by atoms with Gasteiger partial charge in [0.1, 0.15) is 0 Å². The Morgan fingerprint density at radius 1 is 0.393 bits per heavy atom. The summed E-state index contributed by atoms with van der Waals surface area (Å²) in [4.78, 5) is 14.2. The molecule has 11 aromatic rings. The smallest absolute Gasteiger partial charge is 0.164 e. The first-order valence-electron chi connectivity index (χ1n) is 26.7. The third-order valence-corrected chi connectivity index (χ3v) is 10.3. The van der Waals surface area contributed by atoms with Gasteiger partial charge in [0, 0.05) is 53.3 Å². The molecule has 0 spiro atoms. The predicted molar refractivity (Wildman–Crippen MR) is 234 cm³/mol. The fourth-order valence-corrected chi connectivity index (χ4v) is 7.61. The van der Waals surface area contributed by atoms with Gasteiger partial charge in [0.05, 0.1) is 37.1 Å². The van der Waals surface area contributed by atoms with Crippen molar-refractivity contribution in [3.8, 4) is 62.1 Å². The summed E-state index contributed by atoms with van der Waals surface area (Å²) in [5.41, 5.74) is 1.20. The average molecular weight is 752 g/mol. The van der Waals surface area contributed by atoms with Gasteiger partial charge in [0.15, 0.2) is 17.5 Å². The van der Waals surface area contributed by atoms with Gasteiger partial charge in [-0.3, -0.25) is 0 Å². The van der Waals surface area contributed by atoms with Crippen molar-refractivity contribution in [2.24, 2.45) is 0 Å². The third kappa shape index (κ3) is 5.56. The maximum Gasteiger partial charge on any atom is 0.164 e. The Morgan fingerprint density at radius 3 is 1.73 bits per heavy atom. The van der Waals surface area contributed by atoms with Gasteiger partial charge in [-0.2, -0.15) is 0 Å². The Bertz CT molecular complexity index is 4340. The number of hydrogen-bond donors (Lipinski definition) is 0. The van der Waals surface area contributed by atoms with Crippen molar-refractivity contribution in [2.45, 2.75) is 0 Å². The number of para-hydroxylation sites is 2. The van der Waals surface area contributed by atoms with Crippen LogP contribution >= 0.6 is 11.3 Å². The molecule has 262 valence electrons. The molecule has 11 rings (SSSR count). The van der Waals surface area contributed by atoms with Gasteiger partial charge in [0.2, 0.25) is 0 Å². The molecule has 0 amide bonds. The van der Waals surface area contributed by atoms with Crippen LogP contribution in [0.1, 0.15) is 26.0 Å². The summed E-state index contributed by atoms with van der Waals surface area (Å²) < 4.78 is 171. The molecule has 3 heterocycles. The number of hydrogen-bond acceptors (Lipinski definition) is 4. The maximum absolute atomic E-state index is 9.97. The van der Waals surface area contributed by atoms with Crippen LogP contribution in [0.15, 0.2) is 194 Å². The first-order chi connectivity index (χ1) is 35.7. The van der Waals surface area contributed by atoms with Gasteiger partial charge in [-0.1, -0.05) is 133 Å². The summed E-state index contributed by atoms with van der Waals surface area (Å²) in [6.45, 7) is 0. The zero-order valence-electron chi connectivity index (χ0n) is 47.7. The Morgan fingerprint density at radius 2 is 0.946 bits per heavy atom. The van der Waals surface area contributed by atoms with E-state index in [2.05, 4.69) is 4.98 Å². The molecule has 0 N–H and O–H groups in total. The zero-order chi connectivity index (χ0) is 53.5. The van der Waals surface area contributed by atoms with Crippen molar-refractivity contribution in [1.82, 2.24) is 19.5 Å². The van der Waals surface area contributed by atoms with Gasteiger partial charge in [-0.05, 0) is 82.7 Å². The van der Waals surface area contributed by atoms with Crippen molar-refractivity contribution in [3.05, 3.63) is 194 Å². The highest BCUT2D eigenvalue weighted by Crippen LogP contribution is 2.38. The highest BCUT2D eigenvalue weighted by atomic mass is 32.1. The molecule has 0 aliphatic carbocycles. The predicted octanol–water partition coefficient (Wildman–Crippen LogP) is 13.7. The van der Waals surface area contributed by atoms with Crippen LogP contribution in [0.5, 0.6) is 0 Å². The fourth-order valence-electron chi connectivity index (χ4n) is 6.69. The summed E-state index contributed by atoms with van der Waals surface area (Å²) in [5.74, 6) is -1.13. The molecule has 5 heteroatoms. The van der Waals surface area contributed by atoms with E-state index in [0.717, 1.165) is 32.6 Å². The first-order valence-corrected chi connectivity index (χ1v) is 18.0. The molecule has 56 heavy (non-hydrogen) atoms. The Kier molecular flexibility index (Phi) is 4.36. The van der Waals surface area contributed by atoms with E-state index in [1.807, 2.05) is 60.7 Å². The quantitative estimate of drug-likeness (QED) is 0.170. The van der Waals surface area contributed by atoms with Crippen molar-refractivity contribution in [2.75, 3.05) is 0 Å². The second-order valence-corrected chi connectivity index (χ2v) is 13.6. The number of rotatable bonds is 6. The standard InChI is InChI=1S/C51H32N4S/c1-3-13-33(14-4-1)34-15-11-16-35(29-34)36-17-12-18-37(30-36)49-52-50(38-26-28-48-44(31-38)43-22-8-10-24-47(43)56-48)54-51(53-49)39-25-27-42-41-21-7-9-23-45(41)55(46(42)32-39)40-19-5-2-6-20-40/h1-32H/i2D,5D,6D,7D,8D,9D,10D,19D,20D,21D,22D,23D,24D,25D,26D,27D,28D,31D,32D. The Labute approximate surface area is 354 Å². The second kappa shape index (κ2) is 13.3. The molecule has 8 aromatic carbocycles. The highest BCUT2D eigenvalue weighted by Gasteiger charge is 2.18. The van der Waals surface area contributed by atoms with Gasteiger partial charge < -0.3 is 4.57 Å². The molecule has 3 aromatic heterocycles. The van der Waals surface area contributed by atoms with Gasteiger partial charge in [0.25, 0.3) is 0 Å². The van der Waals surface area contributed by atoms with E-state index in [0.29, 0.717) is 11.1 Å². The summed E-state index contributed by atoms with van der Waals surface area (Å²) in [5, 5.41) is -0.910. The molecule has 0 bridgehead atoms. The lowest BCUT2D eigenvalue weighted by Crippen LogP contribution is -2.00. The van der Waals surface area contributed by atoms with Crippen LogP contribution in [0.4, 0.5) is 0 Å². The number of fused-ring (bicyclic) bond motifs is 6. The normalized spacial score (nSPS) is 16.3. The monoisotopic (exact) mass is 751 g/mol. The van der Waals surface area contributed by atoms with E-state index in [-0.39, 0.29) is 36.8 Å². The van der Waals surface area contributed by atoms with Crippen LogP contribution < -0.4 is 0 Å². The number of aromatic nitrogens is 4. The molecule has 0 fully saturated rings. The third-order valence-electron chi connectivity index (χ3n) is 9.26. The molecule has 0 aliphatic rings. The minimum absolute atomic E-state index is 0.0246. The van der Waals surface area contributed by atoms with E-state index in [1.165, 1.54) is 0 Å². The topological polar surface area (TPSA) is 43.6 Å². The zero-order valence-corrected chi connectivity index (χ0v) is 29.5. The van der Waals surface area contributed by atoms with E-state index in [9.17, 15) is 8.22 Å². The Hall–Kier alpha value is -7.21. The van der Waals surface area contributed by atoms with E-state index in [4.69, 9.17) is 27.8 Å². The lowest BCUT2D eigenvalue weighted by molar-refractivity contribution is 1.07. The van der Waals surface area contributed by atoms with Gasteiger partial charge in [-0.25, -0.2) is 15.0 Å². The maximum atomic E-state index is 9.97. The fraction of sp³-hybridized carbons (Fsp3) is 0. The molecular formula is C51H32N4S. The van der Waals surface area contributed by atoms with Crippen molar-refractivity contribution in [3.63, 3.8) is 0 Å². The molecule has 4 nitrogen and oxygen atoms in total. The van der Waals surface area contributed by atoms with E-state index < -0.39 is 154 Å². The summed E-state index contributed by atoms with van der Waals surface area (Å²) >= 11 is 0.824. The van der Waals surface area contributed by atoms with Crippen LogP contribution in [0.2, 0.25) is 0 Å². The van der Waals surface area contributed by atoms with Crippen LogP contribution in [-0.4, -0.2) is 19.5 Å². The summed E-state index contributed by atoms with van der Waals surface area (Å²) in [6, 6.07) is 11.7. The molecule has 0 unspecified atom stereocenters. The first kappa shape index (κ1) is 18.4. The molecule has 0 saturated heterocycles. The lowest BCUT2D eigenvalue weighted by Gasteiger charge is -2.11.